The van der Waals surface area contributed by atoms with Crippen LogP contribution in [0.4, 0.5) is 4.39 Å². The van der Waals surface area contributed by atoms with Crippen LogP contribution in [0.5, 0.6) is 0 Å². The molecule has 1 fully saturated rings. The summed E-state index contributed by atoms with van der Waals surface area (Å²) in [5.41, 5.74) is 0. The lowest BCUT2D eigenvalue weighted by molar-refractivity contribution is 0.123. The fourth-order valence-corrected chi connectivity index (χ4v) is 2.81. The molecule has 1 N–H and O–H groups in total. The van der Waals surface area contributed by atoms with Crippen molar-refractivity contribution >= 4 is 10.0 Å². The highest BCUT2D eigenvalue weighted by Gasteiger charge is 2.21. The van der Waals surface area contributed by atoms with E-state index in [9.17, 15) is 12.8 Å². The molecule has 19 heavy (non-hydrogen) atoms. The maximum Gasteiger partial charge on any atom is 0.243 e. The molecule has 1 aromatic rings. The number of nitrogens with one attached hydrogen (secondary N) is 1. The Hall–Kier alpha value is -0.980. The Morgan fingerprint density at radius 3 is 2.74 bits per heavy atom. The van der Waals surface area contributed by atoms with E-state index in [4.69, 9.17) is 4.74 Å². The summed E-state index contributed by atoms with van der Waals surface area (Å²) < 4.78 is 44.8. The first kappa shape index (κ1) is 14.4. The van der Waals surface area contributed by atoms with Gasteiger partial charge in [-0.25, -0.2) is 17.5 Å². The molecule has 1 aliphatic rings. The molecule has 0 unspecified atom stereocenters. The van der Waals surface area contributed by atoms with Gasteiger partial charge in [-0.1, -0.05) is 12.1 Å². The number of hydrogen-bond acceptors (Lipinski definition) is 3. The molecule has 4 nitrogen and oxygen atoms in total. The second-order valence-corrected chi connectivity index (χ2v) is 6.44. The molecule has 1 aliphatic carbocycles. The molecular weight excluding hydrogens is 269 g/mol. The third kappa shape index (κ3) is 4.56. The van der Waals surface area contributed by atoms with Gasteiger partial charge < -0.3 is 4.74 Å². The van der Waals surface area contributed by atoms with Crippen molar-refractivity contribution < 1.29 is 17.5 Å². The second-order valence-electron chi connectivity index (χ2n) is 4.70. The Morgan fingerprint density at radius 2 is 2.05 bits per heavy atom. The summed E-state index contributed by atoms with van der Waals surface area (Å²) in [4.78, 5) is -0.311. The molecule has 0 heterocycles. The van der Waals surface area contributed by atoms with Crippen LogP contribution in [0, 0.1) is 11.7 Å². The monoisotopic (exact) mass is 287 g/mol. The number of sulfonamides is 1. The number of hydrogen-bond donors (Lipinski definition) is 1. The van der Waals surface area contributed by atoms with Crippen molar-refractivity contribution in [3.63, 3.8) is 0 Å². The molecule has 0 spiro atoms. The molecule has 0 aliphatic heterocycles. The number of ether oxygens (including phenoxy) is 1. The molecule has 1 aromatic carbocycles. The van der Waals surface area contributed by atoms with E-state index in [1.165, 1.54) is 31.0 Å². The van der Waals surface area contributed by atoms with Crippen LogP contribution in [-0.2, 0) is 14.8 Å². The van der Waals surface area contributed by atoms with Crippen LogP contribution in [0.3, 0.4) is 0 Å². The molecule has 0 amide bonds. The summed E-state index contributed by atoms with van der Waals surface area (Å²) in [6.45, 7) is 1.54. The summed E-state index contributed by atoms with van der Waals surface area (Å²) in [7, 11) is -3.76. The minimum Gasteiger partial charge on any atom is -0.381 e. The van der Waals surface area contributed by atoms with Crippen LogP contribution < -0.4 is 4.72 Å². The van der Waals surface area contributed by atoms with Crippen molar-refractivity contribution in [1.29, 1.82) is 0 Å². The Bertz CT molecular complexity index is 514. The van der Waals surface area contributed by atoms with Gasteiger partial charge in [-0.05, 0) is 37.3 Å². The topological polar surface area (TPSA) is 55.4 Å². The Labute approximate surface area is 113 Å². The molecule has 2 rings (SSSR count). The van der Waals surface area contributed by atoms with Gasteiger partial charge in [0.05, 0.1) is 0 Å². The predicted molar refractivity (Wildman–Crippen MR) is 69.7 cm³/mol. The van der Waals surface area contributed by atoms with E-state index >= 15 is 0 Å². The van der Waals surface area contributed by atoms with E-state index in [-0.39, 0.29) is 11.4 Å². The highest BCUT2D eigenvalue weighted by atomic mass is 32.2. The van der Waals surface area contributed by atoms with Crippen LogP contribution >= 0.6 is 0 Å². The lowest BCUT2D eigenvalue weighted by atomic mass is 10.4. The SMILES string of the molecule is O=S(=O)(NCCCOCC1CC1)c1ccccc1F. The van der Waals surface area contributed by atoms with E-state index in [1.807, 2.05) is 0 Å². The number of benzene rings is 1. The maximum absolute atomic E-state index is 13.4. The van der Waals surface area contributed by atoms with Gasteiger partial charge in [0.25, 0.3) is 0 Å². The van der Waals surface area contributed by atoms with E-state index in [1.54, 1.807) is 0 Å². The average molecular weight is 287 g/mol. The summed E-state index contributed by atoms with van der Waals surface area (Å²) in [6.07, 6.45) is 3.06. The largest absolute Gasteiger partial charge is 0.381 e. The molecule has 1 saturated carbocycles. The van der Waals surface area contributed by atoms with Gasteiger partial charge in [0.15, 0.2) is 0 Å². The second kappa shape index (κ2) is 6.45. The minimum absolute atomic E-state index is 0.251. The zero-order valence-corrected chi connectivity index (χ0v) is 11.5. The fourth-order valence-electron chi connectivity index (χ4n) is 1.66. The fraction of sp³-hybridized carbons (Fsp3) is 0.538. The summed E-state index contributed by atoms with van der Waals surface area (Å²) in [5.74, 6) is -0.0323. The van der Waals surface area contributed by atoms with Gasteiger partial charge in [0.2, 0.25) is 10.0 Å². The molecule has 6 heteroatoms. The first-order valence-corrected chi connectivity index (χ1v) is 7.90. The first-order valence-electron chi connectivity index (χ1n) is 6.41. The van der Waals surface area contributed by atoms with Crippen molar-refractivity contribution in [2.24, 2.45) is 5.92 Å². The molecule has 0 bridgehead atoms. The Kier molecular flexibility index (Phi) is 4.90. The zero-order valence-electron chi connectivity index (χ0n) is 10.6. The van der Waals surface area contributed by atoms with Gasteiger partial charge in [0, 0.05) is 19.8 Å². The van der Waals surface area contributed by atoms with Crippen molar-refractivity contribution in [2.45, 2.75) is 24.2 Å². The lowest BCUT2D eigenvalue weighted by Crippen LogP contribution is -2.26. The van der Waals surface area contributed by atoms with Gasteiger partial charge in [0.1, 0.15) is 10.7 Å². The van der Waals surface area contributed by atoms with Gasteiger partial charge in [-0.2, -0.15) is 0 Å². The number of rotatable bonds is 8. The molecule has 106 valence electrons. The zero-order chi connectivity index (χ0) is 13.7. The molecular formula is C13H18FNO3S. The summed E-state index contributed by atoms with van der Waals surface area (Å²) in [6, 6.07) is 5.34. The Balaban J connectivity index is 1.73. The van der Waals surface area contributed by atoms with E-state index < -0.39 is 15.8 Å². The summed E-state index contributed by atoms with van der Waals surface area (Å²) in [5, 5.41) is 0. The minimum atomic E-state index is -3.76. The number of halogens is 1. The molecule has 0 radical (unpaired) electrons. The molecule has 0 saturated heterocycles. The van der Waals surface area contributed by atoms with Gasteiger partial charge in [-0.3, -0.25) is 0 Å². The van der Waals surface area contributed by atoms with Crippen molar-refractivity contribution in [2.75, 3.05) is 19.8 Å². The van der Waals surface area contributed by atoms with Crippen LogP contribution in [0.15, 0.2) is 29.2 Å². The maximum atomic E-state index is 13.4. The van der Waals surface area contributed by atoms with Crippen molar-refractivity contribution in [3.05, 3.63) is 30.1 Å². The first-order chi connectivity index (χ1) is 9.09. The van der Waals surface area contributed by atoms with Gasteiger partial charge in [-0.15, -0.1) is 0 Å². The summed E-state index contributed by atoms with van der Waals surface area (Å²) >= 11 is 0. The average Bonchev–Trinajstić information content (AvgIpc) is 3.18. The third-order valence-corrected chi connectivity index (χ3v) is 4.43. The normalized spacial score (nSPS) is 15.6. The highest BCUT2D eigenvalue weighted by Crippen LogP contribution is 2.28. The van der Waals surface area contributed by atoms with Crippen LogP contribution in [-0.4, -0.2) is 28.2 Å². The van der Waals surface area contributed by atoms with E-state index in [0.717, 1.165) is 12.7 Å². The smallest absolute Gasteiger partial charge is 0.243 e. The van der Waals surface area contributed by atoms with Crippen molar-refractivity contribution in [1.82, 2.24) is 4.72 Å². The van der Waals surface area contributed by atoms with Gasteiger partial charge >= 0.3 is 0 Å². The standard InChI is InChI=1S/C13H18FNO3S/c14-12-4-1-2-5-13(12)19(16,17)15-8-3-9-18-10-11-6-7-11/h1-2,4-5,11,15H,3,6-10H2. The van der Waals surface area contributed by atoms with Crippen molar-refractivity contribution in [3.8, 4) is 0 Å². The van der Waals surface area contributed by atoms with Crippen LogP contribution in [0.25, 0.3) is 0 Å². The van der Waals surface area contributed by atoms with E-state index in [0.29, 0.717) is 18.9 Å². The quantitative estimate of drug-likeness (QED) is 0.743. The predicted octanol–water partition coefficient (Wildman–Crippen LogP) is 1.92. The van der Waals surface area contributed by atoms with Crippen LogP contribution in [0.1, 0.15) is 19.3 Å². The van der Waals surface area contributed by atoms with E-state index in [2.05, 4.69) is 4.72 Å². The molecule has 0 aromatic heterocycles. The lowest BCUT2D eigenvalue weighted by Gasteiger charge is -2.07. The third-order valence-electron chi connectivity index (χ3n) is 2.93. The highest BCUT2D eigenvalue weighted by molar-refractivity contribution is 7.89. The molecule has 0 atom stereocenters. The Morgan fingerprint density at radius 1 is 1.32 bits per heavy atom. The van der Waals surface area contributed by atoms with Crippen LogP contribution in [0.2, 0.25) is 0 Å².